The van der Waals surface area contributed by atoms with E-state index in [1.54, 1.807) is 47.9 Å². The third-order valence-corrected chi connectivity index (χ3v) is 5.51. The summed E-state index contributed by atoms with van der Waals surface area (Å²) in [6.07, 6.45) is 1.70. The summed E-state index contributed by atoms with van der Waals surface area (Å²) in [5.41, 5.74) is 10.5. The van der Waals surface area contributed by atoms with E-state index in [1.165, 1.54) is 0 Å². The molecular weight excluding hydrogens is 346 g/mol. The van der Waals surface area contributed by atoms with Gasteiger partial charge in [0.05, 0.1) is 11.3 Å². The summed E-state index contributed by atoms with van der Waals surface area (Å²) in [4.78, 5) is 18.0. The smallest absolute Gasteiger partial charge is 0.251 e. The Labute approximate surface area is 154 Å². The highest BCUT2D eigenvalue weighted by atomic mass is 32.1. The molecule has 5 nitrogen and oxygen atoms in total. The van der Waals surface area contributed by atoms with Crippen molar-refractivity contribution in [3.63, 3.8) is 0 Å². The third kappa shape index (κ3) is 2.38. The lowest BCUT2D eigenvalue weighted by Gasteiger charge is -2.13. The number of nitrogens with zero attached hydrogens (tertiary/aromatic N) is 2. The number of phenolic OH excluding ortho intramolecular Hbond substituents is 1. The Kier molecular flexibility index (Phi) is 3.77. The van der Waals surface area contributed by atoms with Gasteiger partial charge in [0.25, 0.3) is 5.91 Å². The standard InChI is InChI=1S/C20H17N3O2S/c1-11-10-26-12(2)16(11)18-17(19(21)25)15-4-3-9-22-20(15)23(18)13-5-7-14(24)8-6-13/h3-10,24H,1-2H3,(H2,21,25). The summed E-state index contributed by atoms with van der Waals surface area (Å²) in [5, 5.41) is 12.4. The Morgan fingerprint density at radius 3 is 2.54 bits per heavy atom. The van der Waals surface area contributed by atoms with Crippen molar-refractivity contribution in [2.45, 2.75) is 13.8 Å². The number of primary amides is 1. The highest BCUT2D eigenvalue weighted by Crippen LogP contribution is 2.40. The zero-order valence-electron chi connectivity index (χ0n) is 14.4. The first kappa shape index (κ1) is 16.4. The summed E-state index contributed by atoms with van der Waals surface area (Å²) in [6, 6.07) is 10.5. The lowest BCUT2D eigenvalue weighted by atomic mass is 10.0. The van der Waals surface area contributed by atoms with E-state index in [0.29, 0.717) is 16.6 Å². The van der Waals surface area contributed by atoms with E-state index >= 15 is 0 Å². The van der Waals surface area contributed by atoms with Crippen LogP contribution in [0.2, 0.25) is 0 Å². The number of hydrogen-bond donors (Lipinski definition) is 2. The molecule has 0 saturated heterocycles. The van der Waals surface area contributed by atoms with Gasteiger partial charge in [0, 0.05) is 27.7 Å². The molecule has 0 aliphatic carbocycles. The average Bonchev–Trinajstić information content (AvgIpc) is 3.12. The van der Waals surface area contributed by atoms with Gasteiger partial charge >= 0.3 is 0 Å². The molecule has 0 spiro atoms. The van der Waals surface area contributed by atoms with Crippen LogP contribution in [0.15, 0.2) is 48.0 Å². The summed E-state index contributed by atoms with van der Waals surface area (Å²) >= 11 is 1.64. The van der Waals surface area contributed by atoms with Crippen molar-refractivity contribution >= 4 is 28.3 Å². The fraction of sp³-hybridized carbons (Fsp3) is 0.100. The number of carbonyl (C=O) groups excluding carboxylic acids is 1. The number of phenols is 1. The Balaban J connectivity index is 2.21. The van der Waals surface area contributed by atoms with Crippen molar-refractivity contribution in [2.24, 2.45) is 5.73 Å². The Bertz CT molecular complexity index is 1120. The van der Waals surface area contributed by atoms with Gasteiger partial charge in [0.2, 0.25) is 0 Å². The summed E-state index contributed by atoms with van der Waals surface area (Å²) in [7, 11) is 0. The lowest BCUT2D eigenvalue weighted by molar-refractivity contribution is 0.100. The molecule has 4 aromatic rings. The number of pyridine rings is 1. The molecule has 1 amide bonds. The van der Waals surface area contributed by atoms with E-state index in [-0.39, 0.29) is 5.75 Å². The van der Waals surface area contributed by atoms with Gasteiger partial charge in [0.1, 0.15) is 11.4 Å². The SMILES string of the molecule is Cc1csc(C)c1-c1c(C(N)=O)c2cccnc2n1-c1ccc(O)cc1. The van der Waals surface area contributed by atoms with Gasteiger partial charge < -0.3 is 10.8 Å². The number of rotatable bonds is 3. The molecule has 3 N–H and O–H groups in total. The monoisotopic (exact) mass is 363 g/mol. The van der Waals surface area contributed by atoms with Crippen LogP contribution in [-0.4, -0.2) is 20.6 Å². The van der Waals surface area contributed by atoms with Crippen LogP contribution in [0.1, 0.15) is 20.8 Å². The van der Waals surface area contributed by atoms with Gasteiger partial charge in [-0.15, -0.1) is 11.3 Å². The van der Waals surface area contributed by atoms with Crippen molar-refractivity contribution in [1.82, 2.24) is 9.55 Å². The van der Waals surface area contributed by atoms with Crippen molar-refractivity contribution in [3.8, 4) is 22.7 Å². The number of thiophene rings is 1. The summed E-state index contributed by atoms with van der Waals surface area (Å²) in [5.74, 6) is -0.307. The number of carbonyl (C=O) groups is 1. The van der Waals surface area contributed by atoms with Crippen LogP contribution in [-0.2, 0) is 0 Å². The van der Waals surface area contributed by atoms with Crippen molar-refractivity contribution in [3.05, 3.63) is 64.0 Å². The molecule has 26 heavy (non-hydrogen) atoms. The van der Waals surface area contributed by atoms with E-state index in [4.69, 9.17) is 5.73 Å². The third-order valence-electron chi connectivity index (χ3n) is 4.48. The molecule has 0 aliphatic heterocycles. The quantitative estimate of drug-likeness (QED) is 0.573. The zero-order chi connectivity index (χ0) is 18.4. The number of hydrogen-bond acceptors (Lipinski definition) is 4. The van der Waals surface area contributed by atoms with Crippen LogP contribution < -0.4 is 5.73 Å². The van der Waals surface area contributed by atoms with Gasteiger partial charge in [-0.25, -0.2) is 4.98 Å². The summed E-state index contributed by atoms with van der Waals surface area (Å²) < 4.78 is 1.94. The molecule has 0 fully saturated rings. The summed E-state index contributed by atoms with van der Waals surface area (Å²) in [6.45, 7) is 4.06. The molecule has 4 rings (SSSR count). The maximum atomic E-state index is 12.4. The van der Waals surface area contributed by atoms with E-state index in [0.717, 1.165) is 27.4 Å². The molecule has 0 radical (unpaired) electrons. The number of aromatic nitrogens is 2. The molecule has 0 saturated carbocycles. The highest BCUT2D eigenvalue weighted by molar-refractivity contribution is 7.10. The van der Waals surface area contributed by atoms with Gasteiger partial charge in [-0.2, -0.15) is 0 Å². The van der Waals surface area contributed by atoms with Crippen molar-refractivity contribution < 1.29 is 9.90 Å². The number of benzene rings is 1. The predicted molar refractivity (Wildman–Crippen MR) is 104 cm³/mol. The number of aryl methyl sites for hydroxylation is 2. The fourth-order valence-corrected chi connectivity index (χ4v) is 4.23. The number of aromatic hydroxyl groups is 1. The van der Waals surface area contributed by atoms with E-state index < -0.39 is 5.91 Å². The highest BCUT2D eigenvalue weighted by Gasteiger charge is 2.26. The Morgan fingerprint density at radius 1 is 1.19 bits per heavy atom. The first-order valence-electron chi connectivity index (χ1n) is 8.12. The van der Waals surface area contributed by atoms with Crippen molar-refractivity contribution in [1.29, 1.82) is 0 Å². The zero-order valence-corrected chi connectivity index (χ0v) is 15.2. The minimum atomic E-state index is -0.486. The maximum Gasteiger partial charge on any atom is 0.251 e. The molecule has 0 bridgehead atoms. The van der Waals surface area contributed by atoms with Crippen LogP contribution in [0.3, 0.4) is 0 Å². The van der Waals surface area contributed by atoms with Crippen LogP contribution >= 0.6 is 11.3 Å². The van der Waals surface area contributed by atoms with Gasteiger partial charge in [0.15, 0.2) is 0 Å². The minimum Gasteiger partial charge on any atom is -0.508 e. The molecule has 3 heterocycles. The number of fused-ring (bicyclic) bond motifs is 1. The number of amides is 1. The topological polar surface area (TPSA) is 81.1 Å². The number of nitrogens with two attached hydrogens (primary N) is 1. The molecule has 0 aliphatic rings. The van der Waals surface area contributed by atoms with Crippen LogP contribution in [0.4, 0.5) is 0 Å². The second-order valence-corrected chi connectivity index (χ2v) is 7.25. The molecule has 1 aromatic carbocycles. The molecule has 3 aromatic heterocycles. The molecule has 0 atom stereocenters. The van der Waals surface area contributed by atoms with Gasteiger partial charge in [-0.1, -0.05) is 0 Å². The predicted octanol–water partition coefficient (Wildman–Crippen LogP) is 4.18. The first-order chi connectivity index (χ1) is 12.5. The van der Waals surface area contributed by atoms with Gasteiger partial charge in [-0.05, 0) is 61.2 Å². The second kappa shape index (κ2) is 6.00. The van der Waals surface area contributed by atoms with Crippen LogP contribution in [0.25, 0.3) is 28.0 Å². The Hall–Kier alpha value is -3.12. The second-order valence-electron chi connectivity index (χ2n) is 6.16. The minimum absolute atomic E-state index is 0.178. The van der Waals surface area contributed by atoms with E-state index in [1.807, 2.05) is 24.5 Å². The van der Waals surface area contributed by atoms with Gasteiger partial charge in [-0.3, -0.25) is 9.36 Å². The van der Waals surface area contributed by atoms with E-state index in [9.17, 15) is 9.90 Å². The molecular formula is C20H17N3O2S. The molecule has 6 heteroatoms. The largest absolute Gasteiger partial charge is 0.508 e. The average molecular weight is 363 g/mol. The maximum absolute atomic E-state index is 12.4. The van der Waals surface area contributed by atoms with Crippen LogP contribution in [0, 0.1) is 13.8 Å². The normalized spacial score (nSPS) is 11.2. The molecule has 130 valence electrons. The van der Waals surface area contributed by atoms with Crippen LogP contribution in [0.5, 0.6) is 5.75 Å². The van der Waals surface area contributed by atoms with E-state index in [2.05, 4.69) is 10.4 Å². The van der Waals surface area contributed by atoms with Crippen molar-refractivity contribution in [2.75, 3.05) is 0 Å². The Morgan fingerprint density at radius 2 is 1.92 bits per heavy atom. The first-order valence-corrected chi connectivity index (χ1v) is 9.00. The fourth-order valence-electron chi connectivity index (χ4n) is 3.38. The lowest BCUT2D eigenvalue weighted by Crippen LogP contribution is -2.12. The molecule has 0 unspecified atom stereocenters.